The molecule has 168 valence electrons. The van der Waals surface area contributed by atoms with Gasteiger partial charge in [0.2, 0.25) is 11.7 Å². The summed E-state index contributed by atoms with van der Waals surface area (Å²) in [6.45, 7) is 2.66. The second-order valence-corrected chi connectivity index (χ2v) is 8.55. The van der Waals surface area contributed by atoms with E-state index in [4.69, 9.17) is 4.42 Å². The van der Waals surface area contributed by atoms with Crippen LogP contribution in [0.5, 0.6) is 5.75 Å². The maximum atomic E-state index is 13.6. The Bertz CT molecular complexity index is 965. The fraction of sp³-hybridized carbons (Fsp3) is 0.476. The Morgan fingerprint density at radius 1 is 1.26 bits per heavy atom. The molecular formula is C21H24F3N3O4. The first kappa shape index (κ1) is 22.6. The van der Waals surface area contributed by atoms with Gasteiger partial charge in [-0.2, -0.15) is 8.78 Å². The fourth-order valence-corrected chi connectivity index (χ4v) is 3.21. The minimum Gasteiger partial charge on any atom is -0.435 e. The largest absolute Gasteiger partial charge is 0.435 e. The number of carbonyl (C=O) groups excluding carboxylic acids is 2. The third-order valence-corrected chi connectivity index (χ3v) is 5.03. The molecule has 0 unspecified atom stereocenters. The molecule has 0 radical (unpaired) electrons. The lowest BCUT2D eigenvalue weighted by molar-refractivity contribution is -0.0500. The summed E-state index contributed by atoms with van der Waals surface area (Å²) >= 11 is 0. The summed E-state index contributed by atoms with van der Waals surface area (Å²) in [6, 6.07) is 2.40. The fourth-order valence-electron chi connectivity index (χ4n) is 3.21. The molecule has 0 atom stereocenters. The highest BCUT2D eigenvalue weighted by molar-refractivity contribution is 5.95. The standard InChI is InChI=1S/C21H24F3N3O4/c1-21(2,3)19-25-10-16(31-19)18(29)27(4)14-8-13(9-14)26-17(28)11-5-12(22)7-15(6-11)30-20(23)24/h5-7,10,13-14,20H,8-9H2,1-4H3,(H,26,28). The molecule has 1 saturated carbocycles. The number of oxazole rings is 1. The van der Waals surface area contributed by atoms with Gasteiger partial charge in [0.05, 0.1) is 6.20 Å². The number of benzene rings is 1. The SMILES string of the molecule is CN(C(=O)c1cnc(C(C)(C)C)o1)C1CC(NC(=O)c2cc(F)cc(OC(F)F)c2)C1. The summed E-state index contributed by atoms with van der Waals surface area (Å²) in [6.07, 6.45) is 2.38. The molecular weight excluding hydrogens is 415 g/mol. The molecule has 1 fully saturated rings. The quantitative estimate of drug-likeness (QED) is 0.741. The van der Waals surface area contributed by atoms with Gasteiger partial charge in [0.15, 0.2) is 0 Å². The Morgan fingerprint density at radius 3 is 2.52 bits per heavy atom. The molecule has 1 aromatic heterocycles. The molecule has 7 nitrogen and oxygen atoms in total. The zero-order valence-electron chi connectivity index (χ0n) is 17.6. The number of aromatic nitrogens is 1. The highest BCUT2D eigenvalue weighted by Crippen LogP contribution is 2.28. The number of rotatable bonds is 6. The van der Waals surface area contributed by atoms with Crippen molar-refractivity contribution in [1.29, 1.82) is 0 Å². The summed E-state index contributed by atoms with van der Waals surface area (Å²) in [5.74, 6) is -1.60. The maximum Gasteiger partial charge on any atom is 0.387 e. The second-order valence-electron chi connectivity index (χ2n) is 8.55. The number of hydrogen-bond donors (Lipinski definition) is 1. The first-order chi connectivity index (χ1) is 14.4. The summed E-state index contributed by atoms with van der Waals surface area (Å²) in [5, 5.41) is 2.71. The highest BCUT2D eigenvalue weighted by atomic mass is 19.3. The Kier molecular flexibility index (Phi) is 6.28. The van der Waals surface area contributed by atoms with E-state index in [0.717, 1.165) is 18.2 Å². The molecule has 0 spiro atoms. The average molecular weight is 439 g/mol. The van der Waals surface area contributed by atoms with E-state index >= 15 is 0 Å². The van der Waals surface area contributed by atoms with Crippen molar-refractivity contribution < 1.29 is 31.9 Å². The van der Waals surface area contributed by atoms with E-state index in [0.29, 0.717) is 18.7 Å². The van der Waals surface area contributed by atoms with Crippen molar-refractivity contribution >= 4 is 11.8 Å². The van der Waals surface area contributed by atoms with Crippen LogP contribution in [0.25, 0.3) is 0 Å². The lowest BCUT2D eigenvalue weighted by Crippen LogP contribution is -2.54. The van der Waals surface area contributed by atoms with Crippen molar-refractivity contribution in [3.05, 3.63) is 47.4 Å². The van der Waals surface area contributed by atoms with E-state index < -0.39 is 24.1 Å². The molecule has 2 amide bonds. The number of hydrogen-bond acceptors (Lipinski definition) is 5. The van der Waals surface area contributed by atoms with E-state index in [2.05, 4.69) is 15.0 Å². The third-order valence-electron chi connectivity index (χ3n) is 5.03. The molecule has 0 bridgehead atoms. The summed E-state index contributed by atoms with van der Waals surface area (Å²) < 4.78 is 48.0. The molecule has 0 aliphatic heterocycles. The Labute approximate surface area is 177 Å². The van der Waals surface area contributed by atoms with Gasteiger partial charge in [-0.25, -0.2) is 9.37 Å². The summed E-state index contributed by atoms with van der Waals surface area (Å²) in [7, 11) is 1.64. The van der Waals surface area contributed by atoms with Crippen molar-refractivity contribution in [1.82, 2.24) is 15.2 Å². The topological polar surface area (TPSA) is 84.7 Å². The van der Waals surface area contributed by atoms with Crippen molar-refractivity contribution in [2.45, 2.75) is 57.7 Å². The maximum absolute atomic E-state index is 13.6. The van der Waals surface area contributed by atoms with Crippen LogP contribution in [-0.2, 0) is 5.41 Å². The van der Waals surface area contributed by atoms with E-state index in [-0.39, 0.29) is 34.7 Å². The molecule has 31 heavy (non-hydrogen) atoms. The van der Waals surface area contributed by atoms with Crippen LogP contribution in [0.15, 0.2) is 28.8 Å². The molecule has 0 saturated heterocycles. The van der Waals surface area contributed by atoms with Gasteiger partial charge in [0.25, 0.3) is 11.8 Å². The number of nitrogens with one attached hydrogen (secondary N) is 1. The van der Waals surface area contributed by atoms with Gasteiger partial charge >= 0.3 is 6.61 Å². The van der Waals surface area contributed by atoms with Crippen LogP contribution in [0, 0.1) is 5.82 Å². The zero-order chi connectivity index (χ0) is 22.9. The Balaban J connectivity index is 1.55. The van der Waals surface area contributed by atoms with Crippen LogP contribution in [0.2, 0.25) is 0 Å². The van der Waals surface area contributed by atoms with Crippen LogP contribution >= 0.6 is 0 Å². The molecule has 10 heteroatoms. The van der Waals surface area contributed by atoms with E-state index in [9.17, 15) is 22.8 Å². The van der Waals surface area contributed by atoms with Gasteiger partial charge in [-0.3, -0.25) is 9.59 Å². The smallest absolute Gasteiger partial charge is 0.387 e. The number of carbonyl (C=O) groups is 2. The molecule has 1 aliphatic carbocycles. The third kappa shape index (κ3) is 5.36. The van der Waals surface area contributed by atoms with Crippen LogP contribution < -0.4 is 10.1 Å². The number of ether oxygens (including phenoxy) is 1. The summed E-state index contributed by atoms with van der Waals surface area (Å²) in [5.41, 5.74) is -0.444. The second kappa shape index (κ2) is 8.60. The normalized spacial score (nSPS) is 18.5. The highest BCUT2D eigenvalue weighted by Gasteiger charge is 2.36. The first-order valence-corrected chi connectivity index (χ1v) is 9.73. The van der Waals surface area contributed by atoms with E-state index in [1.807, 2.05) is 20.8 Å². The molecule has 2 aromatic rings. The lowest BCUT2D eigenvalue weighted by Gasteiger charge is -2.41. The first-order valence-electron chi connectivity index (χ1n) is 9.73. The Morgan fingerprint density at radius 2 is 1.94 bits per heavy atom. The molecule has 1 N–H and O–H groups in total. The predicted molar refractivity (Wildman–Crippen MR) is 105 cm³/mol. The van der Waals surface area contributed by atoms with E-state index in [1.54, 1.807) is 7.05 Å². The summed E-state index contributed by atoms with van der Waals surface area (Å²) in [4.78, 5) is 30.7. The van der Waals surface area contributed by atoms with Gasteiger partial charge in [-0.15, -0.1) is 0 Å². The molecule has 1 aliphatic rings. The van der Waals surface area contributed by atoms with Crippen molar-refractivity contribution in [3.8, 4) is 5.75 Å². The molecule has 3 rings (SSSR count). The van der Waals surface area contributed by atoms with Crippen LogP contribution in [0.4, 0.5) is 13.2 Å². The van der Waals surface area contributed by atoms with Crippen LogP contribution in [0.1, 0.15) is 60.4 Å². The number of nitrogens with zero attached hydrogens (tertiary/aromatic N) is 2. The minimum absolute atomic E-state index is 0.119. The van der Waals surface area contributed by atoms with Gasteiger partial charge in [-0.05, 0) is 25.0 Å². The Hall–Kier alpha value is -3.04. The lowest BCUT2D eigenvalue weighted by atomic mass is 9.85. The van der Waals surface area contributed by atoms with Gasteiger partial charge in [0, 0.05) is 36.2 Å². The molecule has 1 heterocycles. The van der Waals surface area contributed by atoms with Gasteiger partial charge in [0.1, 0.15) is 11.6 Å². The van der Waals surface area contributed by atoms with Gasteiger partial charge in [-0.1, -0.05) is 20.8 Å². The van der Waals surface area contributed by atoms with Crippen molar-refractivity contribution in [3.63, 3.8) is 0 Å². The molecule has 1 aromatic carbocycles. The zero-order valence-corrected chi connectivity index (χ0v) is 17.6. The van der Waals surface area contributed by atoms with E-state index in [1.165, 1.54) is 11.1 Å². The number of amides is 2. The van der Waals surface area contributed by atoms with Gasteiger partial charge < -0.3 is 19.4 Å². The van der Waals surface area contributed by atoms with Crippen LogP contribution in [-0.4, -0.2) is 47.4 Å². The average Bonchev–Trinajstić information content (AvgIpc) is 3.12. The predicted octanol–water partition coefficient (Wildman–Crippen LogP) is 3.75. The van der Waals surface area contributed by atoms with Crippen molar-refractivity contribution in [2.75, 3.05) is 7.05 Å². The minimum atomic E-state index is -3.12. The number of alkyl halides is 2. The number of halogens is 3. The monoisotopic (exact) mass is 439 g/mol. The van der Waals surface area contributed by atoms with Crippen molar-refractivity contribution in [2.24, 2.45) is 0 Å². The van der Waals surface area contributed by atoms with Crippen LogP contribution in [0.3, 0.4) is 0 Å².